The van der Waals surface area contributed by atoms with E-state index in [9.17, 15) is 4.79 Å². The van der Waals surface area contributed by atoms with Gasteiger partial charge in [-0.05, 0) is 42.3 Å². The van der Waals surface area contributed by atoms with Gasteiger partial charge in [-0.15, -0.1) is 0 Å². The maximum Gasteiger partial charge on any atom is 0.317 e. The molecular formula is C22H26N4O2. The number of morpholine rings is 1. The van der Waals surface area contributed by atoms with E-state index >= 15 is 0 Å². The monoisotopic (exact) mass is 378 g/mol. The van der Waals surface area contributed by atoms with Crippen LogP contribution in [0.2, 0.25) is 0 Å². The molecule has 6 nitrogen and oxygen atoms in total. The SMILES string of the molecule is CC(NC(=O)N(C)Cc1cccc(C#N)c1)c1ccc(N2CCOCC2)cc1. The molecular weight excluding hydrogens is 352 g/mol. The number of rotatable bonds is 5. The molecule has 1 aliphatic heterocycles. The van der Waals surface area contributed by atoms with Gasteiger partial charge in [-0.2, -0.15) is 5.26 Å². The molecule has 146 valence electrons. The van der Waals surface area contributed by atoms with E-state index in [4.69, 9.17) is 10.00 Å². The van der Waals surface area contributed by atoms with Crippen LogP contribution in [-0.2, 0) is 11.3 Å². The largest absolute Gasteiger partial charge is 0.378 e. The van der Waals surface area contributed by atoms with Gasteiger partial charge in [0.2, 0.25) is 0 Å². The number of carbonyl (C=O) groups is 1. The number of nitriles is 1. The molecule has 1 aliphatic rings. The van der Waals surface area contributed by atoms with Gasteiger partial charge in [0.05, 0.1) is 30.9 Å². The highest BCUT2D eigenvalue weighted by molar-refractivity contribution is 5.74. The zero-order chi connectivity index (χ0) is 19.9. The molecule has 1 N–H and O–H groups in total. The topological polar surface area (TPSA) is 68.6 Å². The number of ether oxygens (including phenoxy) is 1. The molecule has 2 amide bonds. The third-order valence-electron chi connectivity index (χ3n) is 4.93. The van der Waals surface area contributed by atoms with Crippen LogP contribution in [0.4, 0.5) is 10.5 Å². The molecule has 2 aromatic rings. The molecule has 1 fully saturated rings. The Morgan fingerprint density at radius 2 is 1.96 bits per heavy atom. The van der Waals surface area contributed by atoms with Crippen molar-refractivity contribution in [3.8, 4) is 6.07 Å². The molecule has 1 heterocycles. The smallest absolute Gasteiger partial charge is 0.317 e. The van der Waals surface area contributed by atoms with E-state index in [0.29, 0.717) is 12.1 Å². The Labute approximate surface area is 166 Å². The number of hydrogen-bond donors (Lipinski definition) is 1. The summed E-state index contributed by atoms with van der Waals surface area (Å²) in [6.45, 7) is 5.76. The fourth-order valence-corrected chi connectivity index (χ4v) is 3.26. The van der Waals surface area contributed by atoms with Crippen molar-refractivity contribution in [2.75, 3.05) is 38.3 Å². The lowest BCUT2D eigenvalue weighted by molar-refractivity contribution is 0.122. The van der Waals surface area contributed by atoms with Crippen molar-refractivity contribution in [1.29, 1.82) is 5.26 Å². The number of carbonyl (C=O) groups excluding carboxylic acids is 1. The highest BCUT2D eigenvalue weighted by Crippen LogP contribution is 2.20. The lowest BCUT2D eigenvalue weighted by Gasteiger charge is -2.29. The summed E-state index contributed by atoms with van der Waals surface area (Å²) in [5.41, 5.74) is 3.77. The van der Waals surface area contributed by atoms with Crippen LogP contribution in [0.25, 0.3) is 0 Å². The Kier molecular flexibility index (Phi) is 6.51. The highest BCUT2D eigenvalue weighted by atomic mass is 16.5. The summed E-state index contributed by atoms with van der Waals surface area (Å²) in [7, 11) is 1.75. The van der Waals surface area contributed by atoms with Crippen LogP contribution in [0.1, 0.15) is 29.7 Å². The summed E-state index contributed by atoms with van der Waals surface area (Å²) in [6, 6.07) is 17.5. The number of benzene rings is 2. The van der Waals surface area contributed by atoms with Crippen molar-refractivity contribution in [3.63, 3.8) is 0 Å². The summed E-state index contributed by atoms with van der Waals surface area (Å²) < 4.78 is 5.40. The summed E-state index contributed by atoms with van der Waals surface area (Å²) in [6.07, 6.45) is 0. The molecule has 0 spiro atoms. The van der Waals surface area contributed by atoms with Crippen molar-refractivity contribution in [1.82, 2.24) is 10.2 Å². The molecule has 0 aromatic heterocycles. The molecule has 0 aliphatic carbocycles. The van der Waals surface area contributed by atoms with Gasteiger partial charge in [0.1, 0.15) is 0 Å². The third-order valence-corrected chi connectivity index (χ3v) is 4.93. The first-order valence-corrected chi connectivity index (χ1v) is 9.50. The lowest BCUT2D eigenvalue weighted by atomic mass is 10.1. The van der Waals surface area contributed by atoms with Crippen molar-refractivity contribution >= 4 is 11.7 Å². The molecule has 28 heavy (non-hydrogen) atoms. The first-order chi connectivity index (χ1) is 13.6. The van der Waals surface area contributed by atoms with E-state index in [1.807, 2.05) is 19.1 Å². The van der Waals surface area contributed by atoms with E-state index in [2.05, 4.69) is 40.6 Å². The zero-order valence-corrected chi connectivity index (χ0v) is 16.4. The van der Waals surface area contributed by atoms with Gasteiger partial charge in [0.25, 0.3) is 0 Å². The van der Waals surface area contributed by atoms with Gasteiger partial charge in [0, 0.05) is 32.4 Å². The minimum atomic E-state index is -0.146. The molecule has 1 saturated heterocycles. The fraction of sp³-hybridized carbons (Fsp3) is 0.364. The lowest BCUT2D eigenvalue weighted by Crippen LogP contribution is -2.38. The molecule has 0 saturated carbocycles. The second kappa shape index (κ2) is 9.25. The first-order valence-electron chi connectivity index (χ1n) is 9.50. The Balaban J connectivity index is 1.56. The summed E-state index contributed by atoms with van der Waals surface area (Å²) in [5.74, 6) is 0. The van der Waals surface area contributed by atoms with Gasteiger partial charge in [0.15, 0.2) is 0 Å². The normalized spacial score (nSPS) is 14.8. The van der Waals surface area contributed by atoms with Crippen LogP contribution < -0.4 is 10.2 Å². The Hall–Kier alpha value is -3.04. The number of amides is 2. The first kappa shape index (κ1) is 19.7. The van der Waals surface area contributed by atoms with Crippen molar-refractivity contribution < 1.29 is 9.53 Å². The molecule has 2 aromatic carbocycles. The van der Waals surface area contributed by atoms with E-state index in [0.717, 1.165) is 37.4 Å². The second-order valence-corrected chi connectivity index (χ2v) is 7.03. The summed E-state index contributed by atoms with van der Waals surface area (Å²) >= 11 is 0. The number of anilines is 1. The summed E-state index contributed by atoms with van der Waals surface area (Å²) in [4.78, 5) is 16.5. The van der Waals surface area contributed by atoms with Gasteiger partial charge in [-0.1, -0.05) is 24.3 Å². The standard InChI is InChI=1S/C22H26N4O2/c1-17(20-6-8-21(9-7-20)26-10-12-28-13-11-26)24-22(27)25(2)16-19-5-3-4-18(14-19)15-23/h3-9,14,17H,10-13,16H2,1-2H3,(H,24,27). The third kappa shape index (κ3) is 5.02. The van der Waals surface area contributed by atoms with E-state index in [1.165, 1.54) is 5.69 Å². The Bertz CT molecular complexity index is 838. The molecule has 1 unspecified atom stereocenters. The van der Waals surface area contributed by atoms with Crippen molar-refractivity contribution in [3.05, 3.63) is 65.2 Å². The Morgan fingerprint density at radius 3 is 2.64 bits per heavy atom. The quantitative estimate of drug-likeness (QED) is 0.867. The second-order valence-electron chi connectivity index (χ2n) is 7.03. The number of nitrogens with one attached hydrogen (secondary N) is 1. The average Bonchev–Trinajstić information content (AvgIpc) is 2.74. The van der Waals surface area contributed by atoms with Crippen molar-refractivity contribution in [2.45, 2.75) is 19.5 Å². The van der Waals surface area contributed by atoms with Crippen LogP contribution in [0.15, 0.2) is 48.5 Å². The van der Waals surface area contributed by atoms with Gasteiger partial charge in [-0.25, -0.2) is 4.79 Å². The predicted octanol–water partition coefficient (Wildman–Crippen LogP) is 3.30. The minimum Gasteiger partial charge on any atom is -0.378 e. The van der Waals surface area contributed by atoms with E-state index in [-0.39, 0.29) is 12.1 Å². The molecule has 3 rings (SSSR count). The Morgan fingerprint density at radius 1 is 1.25 bits per heavy atom. The molecule has 0 radical (unpaired) electrons. The minimum absolute atomic E-state index is 0.0980. The van der Waals surface area contributed by atoms with Crippen molar-refractivity contribution in [2.24, 2.45) is 0 Å². The molecule has 0 bridgehead atoms. The molecule has 6 heteroatoms. The number of urea groups is 1. The van der Waals surface area contributed by atoms with Gasteiger partial charge in [-0.3, -0.25) is 0 Å². The fourth-order valence-electron chi connectivity index (χ4n) is 3.26. The molecule has 1 atom stereocenters. The van der Waals surface area contributed by atoms with Crippen LogP contribution in [-0.4, -0.2) is 44.3 Å². The highest BCUT2D eigenvalue weighted by Gasteiger charge is 2.15. The van der Waals surface area contributed by atoms with E-state index in [1.54, 1.807) is 24.1 Å². The van der Waals surface area contributed by atoms with Gasteiger partial charge >= 0.3 is 6.03 Å². The van der Waals surface area contributed by atoms with E-state index < -0.39 is 0 Å². The van der Waals surface area contributed by atoms with Gasteiger partial charge < -0.3 is 19.9 Å². The average molecular weight is 378 g/mol. The number of hydrogen-bond acceptors (Lipinski definition) is 4. The van der Waals surface area contributed by atoms with Crippen LogP contribution >= 0.6 is 0 Å². The van der Waals surface area contributed by atoms with Crippen LogP contribution in [0.5, 0.6) is 0 Å². The maximum absolute atomic E-state index is 12.5. The maximum atomic E-state index is 12.5. The van der Waals surface area contributed by atoms with Crippen LogP contribution in [0, 0.1) is 11.3 Å². The zero-order valence-electron chi connectivity index (χ0n) is 16.4. The predicted molar refractivity (Wildman–Crippen MR) is 109 cm³/mol. The summed E-state index contributed by atoms with van der Waals surface area (Å²) in [5, 5.41) is 12.0. The number of nitrogens with zero attached hydrogens (tertiary/aromatic N) is 3. The van der Waals surface area contributed by atoms with Crippen LogP contribution in [0.3, 0.4) is 0 Å².